The molecule has 0 aliphatic carbocycles. The summed E-state index contributed by atoms with van der Waals surface area (Å²) in [4.78, 5) is 0. The van der Waals surface area contributed by atoms with Crippen molar-refractivity contribution in [2.75, 3.05) is 11.7 Å². The summed E-state index contributed by atoms with van der Waals surface area (Å²) in [5.74, 6) is 10.5. The topological polar surface area (TPSA) is 140 Å². The minimum Gasteiger partial charge on any atom is -0.759 e. The molecule has 0 radical (unpaired) electrons. The summed E-state index contributed by atoms with van der Waals surface area (Å²) in [6, 6.07) is 11.3. The van der Waals surface area contributed by atoms with Gasteiger partial charge in [0.25, 0.3) is 0 Å². The Morgan fingerprint density at radius 2 is 0.895 bits per heavy atom. The molecular formula is C10H14N4O4S. The summed E-state index contributed by atoms with van der Waals surface area (Å²) >= 11 is 0. The van der Waals surface area contributed by atoms with Gasteiger partial charge in [-0.3, -0.25) is 8.42 Å². The Labute approximate surface area is 111 Å². The maximum Gasteiger partial charge on any atom is 0.199 e. The summed E-state index contributed by atoms with van der Waals surface area (Å²) in [5.41, 5.74) is 0. The molecule has 2 heterocycles. The highest BCUT2D eigenvalue weighted by atomic mass is 32.3. The Balaban J connectivity index is 0.000000261. The van der Waals surface area contributed by atoms with Gasteiger partial charge in [0.05, 0.1) is 0 Å². The average molecular weight is 286 g/mol. The predicted molar refractivity (Wildman–Crippen MR) is 64.0 cm³/mol. The number of hydrogen-bond acceptors (Lipinski definition) is 6. The van der Waals surface area contributed by atoms with Gasteiger partial charge < -0.3 is 9.11 Å². The Bertz CT molecular complexity index is 503. The minimum atomic E-state index is -5.17. The number of aromatic nitrogens is 2. The van der Waals surface area contributed by atoms with Crippen molar-refractivity contribution in [3.63, 3.8) is 0 Å². The summed E-state index contributed by atoms with van der Waals surface area (Å²) < 4.78 is 37.1. The lowest BCUT2D eigenvalue weighted by molar-refractivity contribution is -0.639. The molecule has 0 unspecified atom stereocenters. The third-order valence-corrected chi connectivity index (χ3v) is 1.48. The number of nitrogen functional groups attached to an aromatic ring is 2. The highest BCUT2D eigenvalue weighted by Gasteiger charge is 1.80. The van der Waals surface area contributed by atoms with Gasteiger partial charge in [-0.15, -0.1) is 0 Å². The Morgan fingerprint density at radius 1 is 0.684 bits per heavy atom. The summed E-state index contributed by atoms with van der Waals surface area (Å²) in [5, 5.41) is 0. The van der Waals surface area contributed by atoms with E-state index in [1.54, 1.807) is 24.8 Å². The van der Waals surface area contributed by atoms with Gasteiger partial charge >= 0.3 is 0 Å². The first kappa shape index (κ1) is 16.8. The molecule has 0 aromatic carbocycles. The molecule has 19 heavy (non-hydrogen) atoms. The summed E-state index contributed by atoms with van der Waals surface area (Å²) in [6.45, 7) is 0. The number of rotatable bonds is 0. The van der Waals surface area contributed by atoms with Crippen molar-refractivity contribution in [1.82, 2.24) is 0 Å². The van der Waals surface area contributed by atoms with Crippen LogP contribution in [0, 0.1) is 0 Å². The van der Waals surface area contributed by atoms with Crippen LogP contribution >= 0.6 is 0 Å². The summed E-state index contributed by atoms with van der Waals surface area (Å²) in [7, 11) is -5.17. The van der Waals surface area contributed by atoms with Crippen LogP contribution in [0.2, 0.25) is 0 Å². The highest BCUT2D eigenvalue weighted by molar-refractivity contribution is 7.79. The standard InChI is InChI=1S/2C5H7N2.H2O4S/c2*6-7-4-2-1-3-5-7;1-5(2,3)4/h2*1-5H,6H2;(H2,1,2,3,4)/q2*+1;/p-2. The molecule has 0 spiro atoms. The van der Waals surface area contributed by atoms with Gasteiger partial charge in [-0.1, -0.05) is 21.5 Å². The van der Waals surface area contributed by atoms with E-state index >= 15 is 0 Å². The fraction of sp³-hybridized carbons (Fsp3) is 0. The molecule has 104 valence electrons. The third-order valence-electron chi connectivity index (χ3n) is 1.48. The molecule has 9 heteroatoms. The van der Waals surface area contributed by atoms with E-state index in [9.17, 15) is 0 Å². The van der Waals surface area contributed by atoms with Crippen LogP contribution in [0.4, 0.5) is 0 Å². The fourth-order valence-electron chi connectivity index (χ4n) is 0.824. The fourth-order valence-corrected chi connectivity index (χ4v) is 0.824. The lowest BCUT2D eigenvalue weighted by Crippen LogP contribution is -2.42. The molecular weight excluding hydrogens is 272 g/mol. The molecule has 0 aliphatic heterocycles. The molecule has 0 bridgehead atoms. The van der Waals surface area contributed by atoms with Crippen molar-refractivity contribution in [2.24, 2.45) is 0 Å². The van der Waals surface area contributed by atoms with Crippen LogP contribution in [0.25, 0.3) is 0 Å². The SMILES string of the molecule is N[n+]1ccccc1.N[n+]1ccccc1.O=S(=O)([O-])[O-]. The lowest BCUT2D eigenvalue weighted by atomic mass is 10.5. The van der Waals surface area contributed by atoms with Gasteiger partial charge in [-0.25, -0.2) is 11.7 Å². The minimum absolute atomic E-state index is 1.50. The first-order chi connectivity index (χ1) is 8.79. The zero-order chi connectivity index (χ0) is 14.7. The molecule has 2 rings (SSSR count). The molecule has 0 saturated carbocycles. The number of pyridine rings is 2. The van der Waals surface area contributed by atoms with Crippen LogP contribution in [0.15, 0.2) is 61.2 Å². The Kier molecular flexibility index (Phi) is 7.77. The van der Waals surface area contributed by atoms with Gasteiger partial charge in [-0.2, -0.15) is 0 Å². The van der Waals surface area contributed by atoms with Gasteiger partial charge in [0.2, 0.25) is 0 Å². The van der Waals surface area contributed by atoms with Crippen LogP contribution in [0.3, 0.4) is 0 Å². The van der Waals surface area contributed by atoms with Gasteiger partial charge in [0, 0.05) is 34.7 Å². The highest BCUT2D eigenvalue weighted by Crippen LogP contribution is 1.71. The largest absolute Gasteiger partial charge is 0.759 e. The van der Waals surface area contributed by atoms with Gasteiger partial charge in [-0.05, 0) is 0 Å². The molecule has 8 nitrogen and oxygen atoms in total. The van der Waals surface area contributed by atoms with Crippen molar-refractivity contribution in [1.29, 1.82) is 0 Å². The van der Waals surface area contributed by atoms with Crippen molar-refractivity contribution in [3.05, 3.63) is 61.2 Å². The van der Waals surface area contributed by atoms with E-state index < -0.39 is 10.4 Å². The first-order valence-electron chi connectivity index (χ1n) is 4.88. The van der Waals surface area contributed by atoms with Crippen LogP contribution < -0.4 is 21.0 Å². The normalized spacial score (nSPS) is 9.37. The Morgan fingerprint density at radius 3 is 1.00 bits per heavy atom. The number of hydrogen-bond donors (Lipinski definition) is 2. The molecule has 0 atom stereocenters. The molecule has 2 aromatic heterocycles. The zero-order valence-electron chi connectivity index (χ0n) is 9.86. The van der Waals surface area contributed by atoms with Gasteiger partial charge in [0.15, 0.2) is 24.8 Å². The monoisotopic (exact) mass is 286 g/mol. The van der Waals surface area contributed by atoms with Crippen molar-refractivity contribution in [2.45, 2.75) is 0 Å². The number of nitrogens with two attached hydrogens (primary N) is 2. The van der Waals surface area contributed by atoms with E-state index in [0.717, 1.165) is 0 Å². The molecule has 2 aromatic rings. The van der Waals surface area contributed by atoms with Crippen LogP contribution in [0.5, 0.6) is 0 Å². The predicted octanol–water partition coefficient (Wildman–Crippen LogP) is -1.96. The average Bonchev–Trinajstić information content (AvgIpc) is 2.29. The van der Waals surface area contributed by atoms with Crippen LogP contribution in [-0.2, 0) is 10.4 Å². The quantitative estimate of drug-likeness (QED) is 0.249. The van der Waals surface area contributed by atoms with Crippen molar-refractivity contribution >= 4 is 10.4 Å². The smallest absolute Gasteiger partial charge is 0.199 e. The first-order valence-corrected chi connectivity index (χ1v) is 6.22. The second kappa shape index (κ2) is 8.80. The molecule has 0 aliphatic rings. The maximum atomic E-state index is 8.52. The van der Waals surface area contributed by atoms with Crippen LogP contribution in [-0.4, -0.2) is 17.5 Å². The molecule has 4 N–H and O–H groups in total. The van der Waals surface area contributed by atoms with Crippen molar-refractivity contribution in [3.8, 4) is 0 Å². The second-order valence-electron chi connectivity index (χ2n) is 3.05. The summed E-state index contributed by atoms with van der Waals surface area (Å²) in [6.07, 6.45) is 7.11. The third kappa shape index (κ3) is 15.8. The molecule has 0 saturated heterocycles. The second-order valence-corrected chi connectivity index (χ2v) is 3.87. The van der Waals surface area contributed by atoms with Gasteiger partial charge in [0.1, 0.15) is 0 Å². The van der Waals surface area contributed by atoms with E-state index in [1.165, 1.54) is 9.35 Å². The van der Waals surface area contributed by atoms with E-state index in [2.05, 4.69) is 0 Å². The molecule has 0 amide bonds. The Hall–Kier alpha value is -2.23. The van der Waals surface area contributed by atoms with E-state index in [-0.39, 0.29) is 0 Å². The van der Waals surface area contributed by atoms with E-state index in [1.807, 2.05) is 36.4 Å². The molecule has 0 fully saturated rings. The maximum absolute atomic E-state index is 8.52. The van der Waals surface area contributed by atoms with Crippen molar-refractivity contribution < 1.29 is 26.9 Å². The van der Waals surface area contributed by atoms with Crippen LogP contribution in [0.1, 0.15) is 0 Å². The van der Waals surface area contributed by atoms with E-state index in [4.69, 9.17) is 29.2 Å². The van der Waals surface area contributed by atoms with E-state index in [0.29, 0.717) is 0 Å². The number of nitrogens with zero attached hydrogens (tertiary/aromatic N) is 2. The lowest BCUT2D eigenvalue weighted by Gasteiger charge is -2.06. The zero-order valence-corrected chi connectivity index (χ0v) is 10.7.